The summed E-state index contributed by atoms with van der Waals surface area (Å²) in [5.41, 5.74) is 2.60. The van der Waals surface area contributed by atoms with Gasteiger partial charge in [-0.25, -0.2) is 4.39 Å². The predicted octanol–water partition coefficient (Wildman–Crippen LogP) is 5.71. The van der Waals surface area contributed by atoms with E-state index >= 15 is 4.39 Å². The van der Waals surface area contributed by atoms with Gasteiger partial charge in [-0.1, -0.05) is 39.0 Å². The van der Waals surface area contributed by atoms with Crippen LogP contribution in [0, 0.1) is 42.3 Å². The highest BCUT2D eigenvalue weighted by Gasteiger charge is 2.81. The van der Waals surface area contributed by atoms with Crippen LogP contribution in [-0.2, 0) is 15.0 Å². The average Bonchev–Trinajstić information content (AvgIpc) is 3.49. The molecule has 1 aliphatic carbocycles. The lowest BCUT2D eigenvalue weighted by Crippen LogP contribution is -2.52. The average molecular weight is 567 g/mol. The number of fused-ring (bicyclic) bond motifs is 3. The molecule has 2 spiro atoms. The van der Waals surface area contributed by atoms with Crippen molar-refractivity contribution in [1.29, 1.82) is 5.26 Å². The quantitative estimate of drug-likeness (QED) is 0.375. The zero-order valence-corrected chi connectivity index (χ0v) is 24.7. The van der Waals surface area contributed by atoms with E-state index in [2.05, 4.69) is 42.8 Å². The third kappa shape index (κ3) is 3.94. The van der Waals surface area contributed by atoms with Gasteiger partial charge in [-0.15, -0.1) is 0 Å². The molecule has 0 aromatic heterocycles. The number of benzene rings is 3. The fourth-order valence-corrected chi connectivity index (χ4v) is 7.78. The molecule has 42 heavy (non-hydrogen) atoms. The van der Waals surface area contributed by atoms with Gasteiger partial charge in [0, 0.05) is 23.2 Å². The lowest BCUT2D eigenvalue weighted by molar-refractivity contribution is -0.122. The van der Waals surface area contributed by atoms with E-state index in [1.807, 2.05) is 38.1 Å². The predicted molar refractivity (Wildman–Crippen MR) is 159 cm³/mol. The molecular formula is C34H35FN4O3. The van der Waals surface area contributed by atoms with E-state index < -0.39 is 28.7 Å². The Morgan fingerprint density at radius 2 is 1.86 bits per heavy atom. The molecule has 2 aliphatic heterocycles. The number of methoxy groups -OCH3 is 1. The van der Waals surface area contributed by atoms with Crippen LogP contribution in [0.4, 0.5) is 15.8 Å². The summed E-state index contributed by atoms with van der Waals surface area (Å²) in [6.45, 7) is 10.3. The molecule has 8 heteroatoms. The fourth-order valence-electron chi connectivity index (χ4n) is 7.78. The summed E-state index contributed by atoms with van der Waals surface area (Å²) in [4.78, 5) is 28.9. The van der Waals surface area contributed by atoms with Crippen molar-refractivity contribution in [2.75, 3.05) is 17.7 Å². The van der Waals surface area contributed by atoms with Gasteiger partial charge in [0.1, 0.15) is 17.0 Å². The second-order valence-corrected chi connectivity index (χ2v) is 13.1. The minimum Gasteiger partial charge on any atom is -0.495 e. The monoisotopic (exact) mass is 566 g/mol. The van der Waals surface area contributed by atoms with Crippen molar-refractivity contribution in [1.82, 2.24) is 5.32 Å². The Kier molecular flexibility index (Phi) is 6.25. The lowest BCUT2D eigenvalue weighted by atomic mass is 9.61. The molecule has 1 saturated carbocycles. The molecule has 216 valence electrons. The molecule has 2 fully saturated rings. The molecule has 3 N–H and O–H groups in total. The van der Waals surface area contributed by atoms with E-state index in [9.17, 15) is 14.9 Å². The Balaban J connectivity index is 1.57. The van der Waals surface area contributed by atoms with Crippen LogP contribution in [-0.4, -0.2) is 30.5 Å². The first-order chi connectivity index (χ1) is 19.8. The number of hydrogen-bond acceptors (Lipinski definition) is 5. The molecule has 3 aromatic carbocycles. The second kappa shape index (κ2) is 9.40. The second-order valence-electron chi connectivity index (χ2n) is 13.1. The van der Waals surface area contributed by atoms with Crippen molar-refractivity contribution in [3.05, 3.63) is 88.2 Å². The van der Waals surface area contributed by atoms with Crippen molar-refractivity contribution < 1.29 is 18.7 Å². The molecule has 2 unspecified atom stereocenters. The third-order valence-corrected chi connectivity index (χ3v) is 9.42. The van der Waals surface area contributed by atoms with Gasteiger partial charge in [0.15, 0.2) is 0 Å². The number of anilines is 2. The van der Waals surface area contributed by atoms with E-state index in [4.69, 9.17) is 4.74 Å². The van der Waals surface area contributed by atoms with E-state index in [0.29, 0.717) is 34.5 Å². The van der Waals surface area contributed by atoms with Gasteiger partial charge in [0.2, 0.25) is 11.8 Å². The van der Waals surface area contributed by atoms with Gasteiger partial charge in [0.25, 0.3) is 0 Å². The topological polar surface area (TPSA) is 103 Å². The maximum absolute atomic E-state index is 15.1. The molecule has 3 aliphatic rings. The standard InChI is InChI=1S/C34H35FN4O3/c1-18-7-9-23-25(13-18)38-31(41)34(23)28(21-11-19(2)12-22(35)15-21)29(39-33(34)16-27(33)32(3,4)5)30(40)37-24-10-8-20(17-36)14-26(24)42-6/h7-15,27-29,39H,16H2,1-6H3,(H,37,40)(H,38,41)/t27-,28?,29-,33?,34-/m1/s1. The van der Waals surface area contributed by atoms with Gasteiger partial charge in [-0.3, -0.25) is 14.9 Å². The first kappa shape index (κ1) is 27.9. The Bertz CT molecular complexity index is 1670. The summed E-state index contributed by atoms with van der Waals surface area (Å²) in [5, 5.41) is 19.2. The lowest BCUT2D eigenvalue weighted by Gasteiger charge is -2.38. The zero-order chi connectivity index (χ0) is 30.2. The summed E-state index contributed by atoms with van der Waals surface area (Å²) in [6, 6.07) is 16.7. The minimum absolute atomic E-state index is 0.0717. The minimum atomic E-state index is -1.16. The Labute approximate surface area is 245 Å². The van der Waals surface area contributed by atoms with Crippen LogP contribution < -0.4 is 20.7 Å². The molecule has 3 aromatic rings. The van der Waals surface area contributed by atoms with Crippen molar-refractivity contribution in [3.63, 3.8) is 0 Å². The number of aryl methyl sites for hydroxylation is 2. The number of rotatable bonds is 4. The largest absolute Gasteiger partial charge is 0.495 e. The van der Waals surface area contributed by atoms with Crippen LogP contribution >= 0.6 is 0 Å². The van der Waals surface area contributed by atoms with Crippen LogP contribution in [0.25, 0.3) is 0 Å². The number of amides is 2. The van der Waals surface area contributed by atoms with Crippen molar-refractivity contribution >= 4 is 23.2 Å². The van der Waals surface area contributed by atoms with Crippen molar-refractivity contribution in [2.24, 2.45) is 11.3 Å². The first-order valence-electron chi connectivity index (χ1n) is 14.2. The zero-order valence-electron chi connectivity index (χ0n) is 24.7. The smallest absolute Gasteiger partial charge is 0.242 e. The molecule has 6 rings (SSSR count). The molecule has 0 radical (unpaired) electrons. The highest BCUT2D eigenvalue weighted by atomic mass is 19.1. The van der Waals surface area contributed by atoms with Crippen LogP contribution in [0.15, 0.2) is 54.6 Å². The van der Waals surface area contributed by atoms with Gasteiger partial charge >= 0.3 is 0 Å². The van der Waals surface area contributed by atoms with Crippen LogP contribution in [0.1, 0.15) is 60.9 Å². The number of hydrogen-bond donors (Lipinski definition) is 3. The van der Waals surface area contributed by atoms with Gasteiger partial charge in [0.05, 0.1) is 30.5 Å². The maximum Gasteiger partial charge on any atom is 0.242 e. The number of nitrogens with one attached hydrogen (secondary N) is 3. The Hall–Kier alpha value is -4.22. The third-order valence-electron chi connectivity index (χ3n) is 9.42. The van der Waals surface area contributed by atoms with Crippen molar-refractivity contribution in [2.45, 2.75) is 64.0 Å². The first-order valence-corrected chi connectivity index (χ1v) is 14.2. The SMILES string of the molecule is COc1cc(C#N)ccc1NC(=O)[C@@H]1NC2(C[C@@H]2C(C)(C)C)[C@@]2(C(=O)Nc3cc(C)ccc32)C1c1cc(C)cc(F)c1. The summed E-state index contributed by atoms with van der Waals surface area (Å²) >= 11 is 0. The Morgan fingerprint density at radius 1 is 1.10 bits per heavy atom. The summed E-state index contributed by atoms with van der Waals surface area (Å²) in [7, 11) is 1.47. The number of nitrogens with zero attached hydrogens (tertiary/aromatic N) is 1. The molecule has 2 heterocycles. The van der Waals surface area contributed by atoms with E-state index in [-0.39, 0.29) is 23.1 Å². The van der Waals surface area contributed by atoms with Crippen LogP contribution in [0.2, 0.25) is 0 Å². The molecular weight excluding hydrogens is 531 g/mol. The normalized spacial score (nSPS) is 27.5. The molecule has 2 amide bonds. The summed E-state index contributed by atoms with van der Waals surface area (Å²) in [6.07, 6.45) is 0.687. The van der Waals surface area contributed by atoms with E-state index in [1.165, 1.54) is 19.2 Å². The number of halogens is 1. The maximum atomic E-state index is 15.1. The Morgan fingerprint density at radius 3 is 2.50 bits per heavy atom. The summed E-state index contributed by atoms with van der Waals surface area (Å²) < 4.78 is 20.5. The highest BCUT2D eigenvalue weighted by molar-refractivity contribution is 6.11. The van der Waals surface area contributed by atoms with Crippen LogP contribution in [0.3, 0.4) is 0 Å². The van der Waals surface area contributed by atoms with Gasteiger partial charge in [-0.2, -0.15) is 5.26 Å². The number of carbonyl (C=O) groups is 2. The molecule has 0 bridgehead atoms. The number of carbonyl (C=O) groups excluding carboxylic acids is 2. The van der Waals surface area contributed by atoms with Gasteiger partial charge < -0.3 is 15.4 Å². The summed E-state index contributed by atoms with van der Waals surface area (Å²) in [5.74, 6) is -1.26. The molecule has 5 atom stereocenters. The van der Waals surface area contributed by atoms with E-state index in [0.717, 1.165) is 16.8 Å². The molecule has 7 nitrogen and oxygen atoms in total. The van der Waals surface area contributed by atoms with Gasteiger partial charge in [-0.05, 0) is 84.2 Å². The number of nitriles is 1. The van der Waals surface area contributed by atoms with Crippen LogP contribution in [0.5, 0.6) is 5.75 Å². The molecule has 1 saturated heterocycles. The van der Waals surface area contributed by atoms with E-state index in [1.54, 1.807) is 18.2 Å². The van der Waals surface area contributed by atoms with Crippen molar-refractivity contribution in [3.8, 4) is 11.8 Å². The highest BCUT2D eigenvalue weighted by Crippen LogP contribution is 2.72. The number of ether oxygens (including phenoxy) is 1. The fraction of sp³-hybridized carbons (Fsp3) is 0.382.